The van der Waals surface area contributed by atoms with Gasteiger partial charge in [0.1, 0.15) is 5.82 Å². The van der Waals surface area contributed by atoms with Crippen LogP contribution in [0, 0.1) is 5.82 Å². The molecule has 18 heavy (non-hydrogen) atoms. The van der Waals surface area contributed by atoms with E-state index in [0.717, 1.165) is 6.42 Å². The van der Waals surface area contributed by atoms with Crippen molar-refractivity contribution in [3.8, 4) is 0 Å². The topological polar surface area (TPSA) is 49.3 Å². The first-order chi connectivity index (χ1) is 8.66. The Bertz CT molecular complexity index is 540. The van der Waals surface area contributed by atoms with Crippen molar-refractivity contribution in [1.82, 2.24) is 0 Å². The minimum Gasteiger partial charge on any atom is -0.478 e. The van der Waals surface area contributed by atoms with Gasteiger partial charge in [-0.3, -0.25) is 0 Å². The van der Waals surface area contributed by atoms with Gasteiger partial charge in [0, 0.05) is 12.2 Å². The van der Waals surface area contributed by atoms with Crippen molar-refractivity contribution in [2.75, 3.05) is 11.9 Å². The van der Waals surface area contributed by atoms with Crippen LogP contribution in [0.3, 0.4) is 0 Å². The maximum atomic E-state index is 13.4. The van der Waals surface area contributed by atoms with Gasteiger partial charge in [0.2, 0.25) is 0 Å². The van der Waals surface area contributed by atoms with E-state index in [1.54, 1.807) is 17.4 Å². The lowest BCUT2D eigenvalue weighted by molar-refractivity contribution is 0.0692. The largest absolute Gasteiger partial charge is 0.478 e. The van der Waals surface area contributed by atoms with Gasteiger partial charge in [-0.15, -0.1) is 0 Å². The Morgan fingerprint density at radius 2 is 2.22 bits per heavy atom. The molecule has 1 heterocycles. The molecular weight excluding hydrogens is 253 g/mol. The lowest BCUT2D eigenvalue weighted by atomic mass is 10.2. The minimum absolute atomic E-state index is 0.307. The van der Waals surface area contributed by atoms with E-state index in [0.29, 0.717) is 12.2 Å². The number of hydrogen-bond donors (Lipinski definition) is 2. The average Bonchev–Trinajstić information content (AvgIpc) is 2.81. The Kier molecular flexibility index (Phi) is 3.94. The lowest BCUT2D eigenvalue weighted by Crippen LogP contribution is -2.06. The van der Waals surface area contributed by atoms with Gasteiger partial charge in [-0.1, -0.05) is 0 Å². The zero-order chi connectivity index (χ0) is 13.0. The lowest BCUT2D eigenvalue weighted by Gasteiger charge is -2.06. The third-order valence-electron chi connectivity index (χ3n) is 2.52. The maximum Gasteiger partial charge on any atom is 0.338 e. The predicted molar refractivity (Wildman–Crippen MR) is 69.9 cm³/mol. The molecule has 1 aromatic heterocycles. The van der Waals surface area contributed by atoms with Gasteiger partial charge in [0.25, 0.3) is 0 Å². The van der Waals surface area contributed by atoms with Gasteiger partial charge in [0.05, 0.1) is 5.56 Å². The van der Waals surface area contributed by atoms with E-state index in [2.05, 4.69) is 10.7 Å². The van der Waals surface area contributed by atoms with Gasteiger partial charge in [-0.2, -0.15) is 11.3 Å². The van der Waals surface area contributed by atoms with Crippen LogP contribution in [0.4, 0.5) is 10.1 Å². The Balaban J connectivity index is 1.94. The Labute approximate surface area is 108 Å². The Morgan fingerprint density at radius 3 is 2.83 bits per heavy atom. The van der Waals surface area contributed by atoms with Crippen LogP contribution in [0.2, 0.25) is 0 Å². The van der Waals surface area contributed by atoms with Crippen LogP contribution in [0.1, 0.15) is 15.9 Å². The molecule has 2 rings (SSSR count). The van der Waals surface area contributed by atoms with Crippen molar-refractivity contribution < 1.29 is 14.3 Å². The molecule has 0 spiro atoms. The molecule has 0 atom stereocenters. The van der Waals surface area contributed by atoms with Crippen LogP contribution in [0.5, 0.6) is 0 Å². The second-order valence-corrected chi connectivity index (χ2v) is 4.59. The number of thiophene rings is 1. The fourth-order valence-electron chi connectivity index (χ4n) is 1.58. The number of carboxylic acids is 1. The van der Waals surface area contributed by atoms with Crippen molar-refractivity contribution in [3.63, 3.8) is 0 Å². The van der Waals surface area contributed by atoms with Crippen LogP contribution in [-0.2, 0) is 6.42 Å². The summed E-state index contributed by atoms with van der Waals surface area (Å²) in [6, 6.07) is 6.09. The van der Waals surface area contributed by atoms with E-state index < -0.39 is 11.8 Å². The summed E-state index contributed by atoms with van der Waals surface area (Å²) in [5, 5.41) is 15.8. The highest BCUT2D eigenvalue weighted by molar-refractivity contribution is 7.07. The zero-order valence-corrected chi connectivity index (χ0v) is 10.3. The van der Waals surface area contributed by atoms with Gasteiger partial charge < -0.3 is 10.4 Å². The molecule has 0 amide bonds. The number of benzene rings is 1. The number of carbonyl (C=O) groups is 1. The highest BCUT2D eigenvalue weighted by Crippen LogP contribution is 2.15. The zero-order valence-electron chi connectivity index (χ0n) is 9.52. The second kappa shape index (κ2) is 5.64. The fourth-order valence-corrected chi connectivity index (χ4v) is 2.29. The van der Waals surface area contributed by atoms with Gasteiger partial charge in [-0.25, -0.2) is 9.18 Å². The number of carboxylic acid groups (broad SMARTS) is 1. The summed E-state index contributed by atoms with van der Waals surface area (Å²) >= 11 is 1.64. The molecule has 2 N–H and O–H groups in total. The van der Waals surface area contributed by atoms with Crippen molar-refractivity contribution in [2.24, 2.45) is 0 Å². The summed E-state index contributed by atoms with van der Waals surface area (Å²) in [4.78, 5) is 10.6. The molecule has 0 saturated carbocycles. The van der Waals surface area contributed by atoms with Crippen molar-refractivity contribution in [2.45, 2.75) is 6.42 Å². The normalized spacial score (nSPS) is 10.3. The maximum absolute atomic E-state index is 13.4. The molecule has 1 aromatic carbocycles. The smallest absolute Gasteiger partial charge is 0.338 e. The van der Waals surface area contributed by atoms with Crippen LogP contribution in [0.25, 0.3) is 0 Å². The van der Waals surface area contributed by atoms with Crippen molar-refractivity contribution >= 4 is 23.0 Å². The summed E-state index contributed by atoms with van der Waals surface area (Å²) in [6.07, 6.45) is 0.853. The third-order valence-corrected chi connectivity index (χ3v) is 3.25. The Morgan fingerprint density at radius 1 is 1.39 bits per heavy atom. The molecule has 0 radical (unpaired) electrons. The molecule has 0 aliphatic heterocycles. The van der Waals surface area contributed by atoms with Gasteiger partial charge in [-0.05, 0) is 47.0 Å². The second-order valence-electron chi connectivity index (χ2n) is 3.81. The van der Waals surface area contributed by atoms with E-state index in [1.807, 2.05) is 11.4 Å². The van der Waals surface area contributed by atoms with Crippen molar-refractivity contribution in [1.29, 1.82) is 0 Å². The predicted octanol–water partition coefficient (Wildman–Crippen LogP) is 3.24. The number of rotatable bonds is 5. The monoisotopic (exact) mass is 265 g/mol. The molecule has 2 aromatic rings. The van der Waals surface area contributed by atoms with E-state index in [1.165, 1.54) is 17.7 Å². The molecular formula is C13H12FNO2S. The van der Waals surface area contributed by atoms with Crippen LogP contribution >= 0.6 is 11.3 Å². The van der Waals surface area contributed by atoms with Crippen LogP contribution in [-0.4, -0.2) is 17.6 Å². The number of aromatic carboxylic acids is 1. The highest BCUT2D eigenvalue weighted by Gasteiger charge is 2.09. The van der Waals surface area contributed by atoms with Crippen LogP contribution in [0.15, 0.2) is 35.0 Å². The molecule has 0 bridgehead atoms. The summed E-state index contributed by atoms with van der Waals surface area (Å²) in [5.41, 5.74) is 1.52. The van der Waals surface area contributed by atoms with Crippen LogP contribution < -0.4 is 5.32 Å². The quantitative estimate of drug-likeness (QED) is 0.872. The number of nitrogens with one attached hydrogen (secondary N) is 1. The van der Waals surface area contributed by atoms with Gasteiger partial charge in [0.15, 0.2) is 0 Å². The third kappa shape index (κ3) is 3.07. The molecule has 94 valence electrons. The minimum atomic E-state index is -1.25. The van der Waals surface area contributed by atoms with Crippen molar-refractivity contribution in [3.05, 3.63) is 52.0 Å². The molecule has 0 aliphatic carbocycles. The first-order valence-electron chi connectivity index (χ1n) is 5.44. The van der Waals surface area contributed by atoms with E-state index >= 15 is 0 Å². The highest BCUT2D eigenvalue weighted by atomic mass is 32.1. The van der Waals surface area contributed by atoms with E-state index in [-0.39, 0.29) is 5.56 Å². The summed E-state index contributed by atoms with van der Waals surface area (Å²) in [7, 11) is 0. The Hall–Kier alpha value is -1.88. The number of hydrogen-bond acceptors (Lipinski definition) is 3. The number of halogens is 1. The summed E-state index contributed by atoms with van der Waals surface area (Å²) in [6.45, 7) is 0.683. The van der Waals surface area contributed by atoms with E-state index in [9.17, 15) is 9.18 Å². The first kappa shape index (κ1) is 12.6. The SMILES string of the molecule is O=C(O)c1ccc(NCCc2ccsc2)cc1F. The fraction of sp³-hybridized carbons (Fsp3) is 0.154. The first-order valence-corrected chi connectivity index (χ1v) is 6.39. The molecule has 0 aliphatic rings. The summed E-state index contributed by atoms with van der Waals surface area (Å²) < 4.78 is 13.4. The standard InChI is InChI=1S/C13H12FNO2S/c14-12-7-10(1-2-11(12)13(16)17)15-5-3-9-4-6-18-8-9/h1-2,4,6-8,15H,3,5H2,(H,16,17). The van der Waals surface area contributed by atoms with E-state index in [4.69, 9.17) is 5.11 Å². The number of anilines is 1. The molecule has 3 nitrogen and oxygen atoms in total. The molecule has 5 heteroatoms. The average molecular weight is 265 g/mol. The van der Waals surface area contributed by atoms with Gasteiger partial charge >= 0.3 is 5.97 Å². The molecule has 0 saturated heterocycles. The molecule has 0 fully saturated rings. The molecule has 0 unspecified atom stereocenters. The summed E-state index contributed by atoms with van der Waals surface area (Å²) in [5.74, 6) is -1.97.